The Hall–Kier alpha value is -4.60. The average molecular weight is 488 g/mol. The molecule has 1 amide bonds. The van der Waals surface area contributed by atoms with Crippen LogP contribution < -0.4 is 10.1 Å². The molecule has 36 heavy (non-hydrogen) atoms. The lowest BCUT2D eigenvalue weighted by atomic mass is 10.1. The van der Waals surface area contributed by atoms with Crippen LogP contribution in [-0.2, 0) is 6.54 Å². The average Bonchev–Trinajstić information content (AvgIpc) is 3.50. The van der Waals surface area contributed by atoms with Gasteiger partial charge in [0.1, 0.15) is 17.0 Å². The summed E-state index contributed by atoms with van der Waals surface area (Å²) in [6.45, 7) is 2.55. The number of aryl methyl sites for hydroxylation is 1. The minimum Gasteiger partial charge on any atom is -0.496 e. The third-order valence-corrected chi connectivity index (χ3v) is 5.66. The van der Waals surface area contributed by atoms with Crippen LogP contribution in [0.15, 0.2) is 73.1 Å². The first-order valence-electron chi connectivity index (χ1n) is 11.1. The van der Waals surface area contributed by atoms with Gasteiger partial charge in [-0.2, -0.15) is 10.2 Å². The summed E-state index contributed by atoms with van der Waals surface area (Å²) >= 11 is 0. The molecule has 0 saturated heterocycles. The fraction of sp³-hybridized carbons (Fsp3) is 0.154. The topological polar surface area (TPSA) is 86.3 Å². The first-order valence-corrected chi connectivity index (χ1v) is 11.1. The maximum absolute atomic E-state index is 13.9. The van der Waals surface area contributed by atoms with E-state index in [0.717, 1.165) is 15.6 Å². The van der Waals surface area contributed by atoms with Gasteiger partial charge in [0.15, 0.2) is 11.5 Å². The zero-order valence-electron chi connectivity index (χ0n) is 19.5. The molecule has 0 aliphatic rings. The number of hydrogen-bond donors (Lipinski definition) is 1. The van der Waals surface area contributed by atoms with Gasteiger partial charge in [0.25, 0.3) is 12.3 Å². The highest BCUT2D eigenvalue weighted by atomic mass is 19.3. The van der Waals surface area contributed by atoms with E-state index in [1.54, 1.807) is 41.2 Å². The van der Waals surface area contributed by atoms with E-state index in [-0.39, 0.29) is 22.6 Å². The van der Waals surface area contributed by atoms with E-state index < -0.39 is 12.3 Å². The molecule has 3 aromatic heterocycles. The van der Waals surface area contributed by atoms with Crippen LogP contribution in [0.25, 0.3) is 16.9 Å². The highest BCUT2D eigenvalue weighted by molar-refractivity contribution is 6.07. The molecule has 0 bridgehead atoms. The minimum atomic E-state index is -2.84. The molecule has 0 aliphatic heterocycles. The number of alkyl halides is 2. The Balaban J connectivity index is 1.46. The van der Waals surface area contributed by atoms with Crippen molar-refractivity contribution in [2.24, 2.45) is 0 Å². The van der Waals surface area contributed by atoms with E-state index in [1.165, 1.54) is 19.4 Å². The summed E-state index contributed by atoms with van der Waals surface area (Å²) in [7, 11) is 1.49. The van der Waals surface area contributed by atoms with Crippen LogP contribution in [0.3, 0.4) is 0 Å². The first kappa shape index (κ1) is 23.2. The largest absolute Gasteiger partial charge is 0.496 e. The van der Waals surface area contributed by atoms with Crippen LogP contribution in [-0.4, -0.2) is 37.4 Å². The summed E-state index contributed by atoms with van der Waals surface area (Å²) in [6.07, 6.45) is 0.136. The fourth-order valence-electron chi connectivity index (χ4n) is 3.99. The number of para-hydroxylation sites is 1. The molecule has 0 aliphatic carbocycles. The molecule has 5 rings (SSSR count). The smallest absolute Gasteiger partial charge is 0.280 e. The molecule has 182 valence electrons. The second kappa shape index (κ2) is 9.57. The number of anilines is 1. The van der Waals surface area contributed by atoms with Gasteiger partial charge in [-0.15, -0.1) is 0 Å². The number of carbonyl (C=O) groups is 1. The van der Waals surface area contributed by atoms with Gasteiger partial charge in [-0.05, 0) is 30.7 Å². The number of amides is 1. The van der Waals surface area contributed by atoms with Gasteiger partial charge in [0.2, 0.25) is 0 Å². The Kier molecular flexibility index (Phi) is 6.16. The number of halogens is 2. The minimum absolute atomic E-state index is 0.00500. The zero-order chi connectivity index (χ0) is 25.2. The van der Waals surface area contributed by atoms with Gasteiger partial charge in [-0.25, -0.2) is 18.3 Å². The van der Waals surface area contributed by atoms with E-state index in [4.69, 9.17) is 4.74 Å². The third-order valence-electron chi connectivity index (χ3n) is 5.66. The Morgan fingerprint density at radius 2 is 1.94 bits per heavy atom. The normalized spacial score (nSPS) is 11.2. The van der Waals surface area contributed by atoms with Crippen LogP contribution in [0.2, 0.25) is 0 Å². The van der Waals surface area contributed by atoms with Crippen molar-refractivity contribution in [2.75, 3.05) is 12.4 Å². The van der Waals surface area contributed by atoms with Crippen molar-refractivity contribution in [1.29, 1.82) is 0 Å². The molecule has 8 nitrogen and oxygen atoms in total. The van der Waals surface area contributed by atoms with Crippen LogP contribution in [0.5, 0.6) is 5.75 Å². The number of ether oxygens (including phenoxy) is 1. The lowest BCUT2D eigenvalue weighted by Crippen LogP contribution is -2.13. The van der Waals surface area contributed by atoms with Crippen LogP contribution in [0.4, 0.5) is 14.6 Å². The molecule has 0 unspecified atom stereocenters. The van der Waals surface area contributed by atoms with Crippen molar-refractivity contribution in [1.82, 2.24) is 24.4 Å². The maximum Gasteiger partial charge on any atom is 0.280 e. The highest BCUT2D eigenvalue weighted by Crippen LogP contribution is 2.32. The number of fused-ring (bicyclic) bond motifs is 1. The molecule has 10 heteroatoms. The lowest BCUT2D eigenvalue weighted by Gasteiger charge is -2.11. The molecular formula is C26H22F2N6O2. The number of nitrogens with zero attached hydrogens (tertiary/aromatic N) is 5. The van der Waals surface area contributed by atoms with Crippen molar-refractivity contribution in [3.8, 4) is 17.0 Å². The van der Waals surface area contributed by atoms with Gasteiger partial charge in [-0.1, -0.05) is 42.0 Å². The van der Waals surface area contributed by atoms with Crippen LogP contribution >= 0.6 is 0 Å². The summed E-state index contributed by atoms with van der Waals surface area (Å²) in [5, 5.41) is 11.1. The molecular weight excluding hydrogens is 466 g/mol. The van der Waals surface area contributed by atoms with Gasteiger partial charge in [-0.3, -0.25) is 9.48 Å². The zero-order valence-corrected chi connectivity index (χ0v) is 19.5. The van der Waals surface area contributed by atoms with Crippen molar-refractivity contribution in [3.05, 3.63) is 95.4 Å². The predicted molar refractivity (Wildman–Crippen MR) is 130 cm³/mol. The van der Waals surface area contributed by atoms with Crippen molar-refractivity contribution in [3.63, 3.8) is 0 Å². The molecule has 2 aromatic carbocycles. The summed E-state index contributed by atoms with van der Waals surface area (Å²) in [5.74, 6) is 0.233. The molecule has 0 spiro atoms. The quantitative estimate of drug-likeness (QED) is 0.343. The van der Waals surface area contributed by atoms with Gasteiger partial charge in [0, 0.05) is 17.8 Å². The highest BCUT2D eigenvalue weighted by Gasteiger charge is 2.23. The SMILES string of the molecule is COc1ccccc1-c1cc(C(F)F)n2ncc(C(=O)Nc3ccn(Cc4cccc(C)c4)n3)c2n1. The molecule has 0 radical (unpaired) electrons. The Morgan fingerprint density at radius 1 is 1.11 bits per heavy atom. The molecule has 0 atom stereocenters. The molecule has 3 heterocycles. The summed E-state index contributed by atoms with van der Waals surface area (Å²) in [4.78, 5) is 17.6. The van der Waals surface area contributed by atoms with Crippen LogP contribution in [0, 0.1) is 6.92 Å². The number of nitrogens with one attached hydrogen (secondary N) is 1. The van der Waals surface area contributed by atoms with E-state index in [9.17, 15) is 13.6 Å². The molecule has 1 N–H and O–H groups in total. The molecule has 0 fully saturated rings. The second-order valence-corrected chi connectivity index (χ2v) is 8.20. The van der Waals surface area contributed by atoms with Gasteiger partial charge in [0.05, 0.1) is 25.5 Å². The molecule has 5 aromatic rings. The van der Waals surface area contributed by atoms with E-state index in [2.05, 4.69) is 26.6 Å². The van der Waals surface area contributed by atoms with Crippen molar-refractivity contribution < 1.29 is 18.3 Å². The first-order chi connectivity index (χ1) is 17.4. The van der Waals surface area contributed by atoms with E-state index >= 15 is 0 Å². The summed E-state index contributed by atoms with van der Waals surface area (Å²) in [5.41, 5.74) is 2.64. The van der Waals surface area contributed by atoms with E-state index in [0.29, 0.717) is 23.7 Å². The Morgan fingerprint density at radius 3 is 2.72 bits per heavy atom. The lowest BCUT2D eigenvalue weighted by molar-refractivity contribution is 0.102. The molecule has 0 saturated carbocycles. The van der Waals surface area contributed by atoms with Gasteiger partial charge >= 0.3 is 0 Å². The number of carbonyl (C=O) groups excluding carboxylic acids is 1. The number of benzene rings is 2. The number of rotatable bonds is 7. The van der Waals surface area contributed by atoms with Gasteiger partial charge < -0.3 is 10.1 Å². The van der Waals surface area contributed by atoms with Crippen molar-refractivity contribution >= 4 is 17.4 Å². The Labute approximate surface area is 205 Å². The summed E-state index contributed by atoms with van der Waals surface area (Å²) < 4.78 is 35.9. The number of aromatic nitrogens is 5. The van der Waals surface area contributed by atoms with Crippen molar-refractivity contribution in [2.45, 2.75) is 19.9 Å². The fourth-order valence-corrected chi connectivity index (χ4v) is 3.99. The third kappa shape index (κ3) is 4.52. The van der Waals surface area contributed by atoms with E-state index in [1.807, 2.05) is 25.1 Å². The number of methoxy groups -OCH3 is 1. The van der Waals surface area contributed by atoms with Crippen LogP contribution in [0.1, 0.15) is 33.6 Å². The predicted octanol–water partition coefficient (Wildman–Crippen LogP) is 5.15. The standard InChI is InChI=1S/C26H22F2N6O2/c1-16-6-5-7-17(12-16)15-33-11-10-23(32-33)31-26(35)19-14-29-34-21(24(27)28)13-20(30-25(19)34)18-8-3-4-9-22(18)36-2/h3-14,24H,15H2,1-2H3,(H,31,32,35). The maximum atomic E-state index is 13.9. The summed E-state index contributed by atoms with van der Waals surface area (Å²) in [6, 6.07) is 17.9. The Bertz CT molecular complexity index is 1560. The second-order valence-electron chi connectivity index (χ2n) is 8.20. The monoisotopic (exact) mass is 488 g/mol. The number of hydrogen-bond acceptors (Lipinski definition) is 5.